The van der Waals surface area contributed by atoms with Crippen LogP contribution in [0.4, 0.5) is 0 Å². The molecule has 0 aliphatic rings. The maximum Gasteiger partial charge on any atom is 0.358 e. The van der Waals surface area contributed by atoms with Gasteiger partial charge in [0.2, 0.25) is 5.91 Å². The van der Waals surface area contributed by atoms with Crippen molar-refractivity contribution in [2.75, 3.05) is 6.54 Å². The topological polar surface area (TPSA) is 110 Å². The largest absolute Gasteiger partial charge is 0.476 e. The molecule has 2 rings (SSSR count). The average molecular weight is 295 g/mol. The molecule has 2 heterocycles. The average Bonchev–Trinajstić information content (AvgIpc) is 3.06. The number of aromatic carboxylic acids is 1. The molecule has 0 aliphatic carbocycles. The van der Waals surface area contributed by atoms with Gasteiger partial charge in [-0.05, 0) is 0 Å². The van der Waals surface area contributed by atoms with Crippen molar-refractivity contribution in [2.45, 2.75) is 19.4 Å². The molecule has 0 bridgehead atoms. The van der Waals surface area contributed by atoms with Gasteiger partial charge in [-0.2, -0.15) is 0 Å². The van der Waals surface area contributed by atoms with Crippen molar-refractivity contribution in [3.63, 3.8) is 0 Å². The van der Waals surface area contributed by atoms with E-state index in [0.29, 0.717) is 6.54 Å². The molecule has 0 fully saturated rings. The van der Waals surface area contributed by atoms with E-state index in [9.17, 15) is 9.59 Å². The fourth-order valence-corrected chi connectivity index (χ4v) is 2.21. The van der Waals surface area contributed by atoms with Crippen molar-refractivity contribution in [2.24, 2.45) is 0 Å². The van der Waals surface area contributed by atoms with Gasteiger partial charge in [0.15, 0.2) is 5.69 Å². The van der Waals surface area contributed by atoms with E-state index in [4.69, 9.17) is 5.11 Å². The van der Waals surface area contributed by atoms with Crippen molar-refractivity contribution >= 4 is 23.2 Å². The third kappa shape index (κ3) is 3.60. The van der Waals surface area contributed by atoms with Gasteiger partial charge in [-0.1, -0.05) is 12.1 Å². The molecule has 0 spiro atoms. The number of carbonyl (C=O) groups is 2. The Balaban J connectivity index is 1.81. The van der Waals surface area contributed by atoms with Gasteiger partial charge in [0.25, 0.3) is 0 Å². The molecule has 20 heavy (non-hydrogen) atoms. The first kappa shape index (κ1) is 14.1. The van der Waals surface area contributed by atoms with Gasteiger partial charge in [-0.15, -0.1) is 16.4 Å². The lowest BCUT2D eigenvalue weighted by Crippen LogP contribution is -2.30. The number of carbonyl (C=O) groups excluding carboxylic acids is 1. The van der Waals surface area contributed by atoms with Crippen molar-refractivity contribution in [1.29, 1.82) is 0 Å². The number of aromatic nitrogens is 4. The Morgan fingerprint density at radius 3 is 2.95 bits per heavy atom. The molecule has 0 radical (unpaired) electrons. The maximum absolute atomic E-state index is 11.7. The van der Waals surface area contributed by atoms with Crippen LogP contribution in [0.5, 0.6) is 0 Å². The van der Waals surface area contributed by atoms with Crippen LogP contribution in [-0.4, -0.2) is 43.5 Å². The van der Waals surface area contributed by atoms with Crippen LogP contribution in [0.2, 0.25) is 0 Å². The molecule has 0 saturated heterocycles. The number of rotatable bonds is 6. The highest BCUT2D eigenvalue weighted by atomic mass is 32.1. The van der Waals surface area contributed by atoms with Gasteiger partial charge in [0.05, 0.1) is 11.2 Å². The summed E-state index contributed by atoms with van der Waals surface area (Å²) in [6.07, 6.45) is 2.94. The zero-order valence-corrected chi connectivity index (χ0v) is 11.5. The number of amides is 1. The van der Waals surface area contributed by atoms with Gasteiger partial charge < -0.3 is 10.4 Å². The molecule has 1 atom stereocenters. The number of hydrogen-bond acceptors (Lipinski definition) is 6. The fourth-order valence-electron chi connectivity index (χ4n) is 1.51. The Morgan fingerprint density at radius 1 is 1.55 bits per heavy atom. The summed E-state index contributed by atoms with van der Waals surface area (Å²) in [5.41, 5.74) is -0.186. The summed E-state index contributed by atoms with van der Waals surface area (Å²) >= 11 is 1.54. The lowest BCUT2D eigenvalue weighted by molar-refractivity contribution is -0.121. The molecule has 2 aromatic rings. The predicted octanol–water partition coefficient (Wildman–Crippen LogP) is 0.353. The molecule has 1 amide bonds. The first-order chi connectivity index (χ1) is 9.56. The molecule has 2 aromatic heterocycles. The molecular weight excluding hydrogens is 282 g/mol. The van der Waals surface area contributed by atoms with Crippen LogP contribution < -0.4 is 5.32 Å². The van der Waals surface area contributed by atoms with Crippen LogP contribution in [0, 0.1) is 0 Å². The minimum atomic E-state index is -1.17. The van der Waals surface area contributed by atoms with Gasteiger partial charge >= 0.3 is 5.97 Å². The molecule has 0 aromatic carbocycles. The van der Waals surface area contributed by atoms with Gasteiger partial charge in [0, 0.05) is 24.0 Å². The summed E-state index contributed by atoms with van der Waals surface area (Å²) in [7, 11) is 0. The highest BCUT2D eigenvalue weighted by Gasteiger charge is 2.12. The second-order valence-corrected chi connectivity index (χ2v) is 5.11. The summed E-state index contributed by atoms with van der Waals surface area (Å²) in [5, 5.41) is 21.3. The number of thiazole rings is 1. The molecule has 9 heteroatoms. The predicted molar refractivity (Wildman–Crippen MR) is 70.5 cm³/mol. The van der Waals surface area contributed by atoms with E-state index < -0.39 is 5.97 Å². The summed E-state index contributed by atoms with van der Waals surface area (Å²) in [4.78, 5) is 26.5. The Kier molecular flexibility index (Phi) is 4.41. The van der Waals surface area contributed by atoms with Crippen LogP contribution in [0.15, 0.2) is 17.8 Å². The Bertz CT molecular complexity index is 595. The van der Waals surface area contributed by atoms with Crippen molar-refractivity contribution in [3.8, 4) is 0 Å². The SMILES string of the molecule is CC(CNC(=O)Cn1cc(C(=O)O)nn1)c1nccs1. The van der Waals surface area contributed by atoms with Crippen LogP contribution in [0.3, 0.4) is 0 Å². The molecule has 2 N–H and O–H groups in total. The second kappa shape index (κ2) is 6.24. The summed E-state index contributed by atoms with van der Waals surface area (Å²) < 4.78 is 1.19. The third-order valence-corrected chi connectivity index (χ3v) is 3.55. The highest BCUT2D eigenvalue weighted by Crippen LogP contribution is 2.16. The molecular formula is C11H13N5O3S. The minimum Gasteiger partial charge on any atom is -0.476 e. The normalized spacial score (nSPS) is 12.1. The minimum absolute atomic E-state index is 0.0646. The van der Waals surface area contributed by atoms with E-state index in [2.05, 4.69) is 20.6 Å². The van der Waals surface area contributed by atoms with Crippen molar-refractivity contribution < 1.29 is 14.7 Å². The van der Waals surface area contributed by atoms with Crippen LogP contribution in [0.1, 0.15) is 28.3 Å². The number of carboxylic acid groups (broad SMARTS) is 1. The Labute approximate surface area is 118 Å². The monoisotopic (exact) mass is 295 g/mol. The van der Waals surface area contributed by atoms with E-state index in [1.807, 2.05) is 12.3 Å². The second-order valence-electron chi connectivity index (χ2n) is 4.18. The molecule has 0 saturated carbocycles. The van der Waals surface area contributed by atoms with E-state index in [1.165, 1.54) is 22.2 Å². The quantitative estimate of drug-likeness (QED) is 0.796. The van der Waals surface area contributed by atoms with E-state index in [0.717, 1.165) is 5.01 Å². The number of nitrogens with one attached hydrogen (secondary N) is 1. The van der Waals surface area contributed by atoms with Gasteiger partial charge in [-0.3, -0.25) is 4.79 Å². The third-order valence-electron chi connectivity index (χ3n) is 2.54. The lowest BCUT2D eigenvalue weighted by atomic mass is 10.2. The summed E-state index contributed by atoms with van der Waals surface area (Å²) in [6.45, 7) is 2.37. The van der Waals surface area contributed by atoms with Crippen molar-refractivity contribution in [1.82, 2.24) is 25.3 Å². The van der Waals surface area contributed by atoms with Crippen LogP contribution in [0.25, 0.3) is 0 Å². The summed E-state index contributed by atoms with van der Waals surface area (Å²) in [5.74, 6) is -1.30. The molecule has 1 unspecified atom stereocenters. The van der Waals surface area contributed by atoms with Crippen molar-refractivity contribution in [3.05, 3.63) is 28.5 Å². The maximum atomic E-state index is 11.7. The van der Waals surface area contributed by atoms with Gasteiger partial charge in [0.1, 0.15) is 6.54 Å². The Hall–Kier alpha value is -2.29. The highest BCUT2D eigenvalue weighted by molar-refractivity contribution is 7.09. The smallest absolute Gasteiger partial charge is 0.358 e. The zero-order valence-electron chi connectivity index (χ0n) is 10.7. The molecule has 8 nitrogen and oxygen atoms in total. The Morgan fingerprint density at radius 2 is 2.35 bits per heavy atom. The molecule has 106 valence electrons. The van der Waals surface area contributed by atoms with Crippen LogP contribution >= 0.6 is 11.3 Å². The fraction of sp³-hybridized carbons (Fsp3) is 0.364. The molecule has 0 aliphatic heterocycles. The first-order valence-corrected chi connectivity index (χ1v) is 6.73. The van der Waals surface area contributed by atoms with Crippen LogP contribution in [-0.2, 0) is 11.3 Å². The number of nitrogens with zero attached hydrogens (tertiary/aromatic N) is 4. The standard InChI is InChI=1S/C11H13N5O3S/c1-7(10-12-2-3-20-10)4-13-9(17)6-16-5-8(11(18)19)14-15-16/h2-3,5,7H,4,6H2,1H3,(H,13,17)(H,18,19). The van der Waals surface area contributed by atoms with Gasteiger partial charge in [-0.25, -0.2) is 14.5 Å². The van der Waals surface area contributed by atoms with E-state index in [1.54, 1.807) is 6.20 Å². The van der Waals surface area contributed by atoms with E-state index >= 15 is 0 Å². The number of hydrogen-bond donors (Lipinski definition) is 2. The summed E-state index contributed by atoms with van der Waals surface area (Å²) in [6, 6.07) is 0. The lowest BCUT2D eigenvalue weighted by Gasteiger charge is -2.09. The first-order valence-electron chi connectivity index (χ1n) is 5.85. The zero-order chi connectivity index (χ0) is 14.5. The van der Waals surface area contributed by atoms with E-state index in [-0.39, 0.29) is 24.1 Å². The number of carboxylic acids is 1.